The predicted octanol–water partition coefficient (Wildman–Crippen LogP) is 1.50. The van der Waals surface area contributed by atoms with Crippen LogP contribution in [0.15, 0.2) is 0 Å². The molecule has 5 heteroatoms. The Morgan fingerprint density at radius 3 is 2.05 bits per heavy atom. The Balaban J connectivity index is 2.59. The third-order valence-corrected chi connectivity index (χ3v) is 4.02. The molecule has 5 nitrogen and oxygen atoms in total. The van der Waals surface area contributed by atoms with Crippen molar-refractivity contribution in [3.63, 3.8) is 0 Å². The Morgan fingerprint density at radius 1 is 1.14 bits per heavy atom. The zero-order valence-electron chi connectivity index (χ0n) is 14.0. The number of nitrogens with zero attached hydrogens (tertiary/aromatic N) is 2. The highest BCUT2D eigenvalue weighted by Crippen LogP contribution is 2.22. The monoisotopic (exact) mass is 298 g/mol. The van der Waals surface area contributed by atoms with E-state index in [0.29, 0.717) is 19.6 Å². The molecule has 0 spiro atoms. The predicted molar refractivity (Wildman–Crippen MR) is 82.7 cm³/mol. The molecule has 1 N–H and O–H groups in total. The number of aliphatic hydroxyl groups excluding tert-OH is 1. The van der Waals surface area contributed by atoms with Crippen molar-refractivity contribution >= 4 is 11.8 Å². The summed E-state index contributed by atoms with van der Waals surface area (Å²) >= 11 is 0. The minimum absolute atomic E-state index is 0.0136. The van der Waals surface area contributed by atoms with Gasteiger partial charge in [0.25, 0.3) is 0 Å². The first kappa shape index (κ1) is 18.0. The van der Waals surface area contributed by atoms with Crippen LogP contribution in [0.25, 0.3) is 0 Å². The quantitative estimate of drug-likeness (QED) is 0.836. The number of carbonyl (C=O) groups is 2. The first-order valence-corrected chi connectivity index (χ1v) is 8.01. The van der Waals surface area contributed by atoms with E-state index in [2.05, 4.69) is 0 Å². The van der Waals surface area contributed by atoms with Crippen LogP contribution in [-0.2, 0) is 9.59 Å². The highest BCUT2D eigenvalue weighted by atomic mass is 16.3. The molecular formula is C16H30N2O3. The summed E-state index contributed by atoms with van der Waals surface area (Å²) in [6.45, 7) is 11.1. The second-order valence-electron chi connectivity index (χ2n) is 6.69. The van der Waals surface area contributed by atoms with Crippen molar-refractivity contribution in [2.24, 2.45) is 11.8 Å². The van der Waals surface area contributed by atoms with Gasteiger partial charge in [-0.3, -0.25) is 9.59 Å². The number of hydrogen-bond acceptors (Lipinski definition) is 3. The van der Waals surface area contributed by atoms with E-state index < -0.39 is 6.10 Å². The van der Waals surface area contributed by atoms with Gasteiger partial charge in [-0.15, -0.1) is 0 Å². The lowest BCUT2D eigenvalue weighted by Gasteiger charge is -2.36. The van der Waals surface area contributed by atoms with Crippen molar-refractivity contribution in [3.8, 4) is 0 Å². The van der Waals surface area contributed by atoms with Crippen LogP contribution < -0.4 is 0 Å². The smallest absolute Gasteiger partial charge is 0.226 e. The summed E-state index contributed by atoms with van der Waals surface area (Å²) in [7, 11) is 0. The van der Waals surface area contributed by atoms with Gasteiger partial charge in [0.1, 0.15) is 0 Å². The van der Waals surface area contributed by atoms with Crippen LogP contribution in [0.5, 0.6) is 0 Å². The molecule has 0 aromatic heterocycles. The summed E-state index contributed by atoms with van der Waals surface area (Å²) in [6, 6.07) is 0.0856. The SMILES string of the molecule is CC(O)CN(C(=O)C1CCN(C(=O)C(C)C)CC1)C(C)C. The number of rotatable bonds is 5. The van der Waals surface area contributed by atoms with E-state index in [1.165, 1.54) is 0 Å². The van der Waals surface area contributed by atoms with Gasteiger partial charge in [-0.25, -0.2) is 0 Å². The molecule has 0 aromatic rings. The van der Waals surface area contributed by atoms with E-state index >= 15 is 0 Å². The lowest BCUT2D eigenvalue weighted by Crippen LogP contribution is -2.48. The molecule has 122 valence electrons. The van der Waals surface area contributed by atoms with Crippen molar-refractivity contribution in [2.75, 3.05) is 19.6 Å². The van der Waals surface area contributed by atoms with E-state index in [1.807, 2.05) is 32.6 Å². The molecule has 0 aliphatic carbocycles. The van der Waals surface area contributed by atoms with Crippen LogP contribution in [0.4, 0.5) is 0 Å². The number of piperidine rings is 1. The fourth-order valence-corrected chi connectivity index (χ4v) is 2.79. The second kappa shape index (κ2) is 7.78. The van der Waals surface area contributed by atoms with Crippen molar-refractivity contribution in [1.29, 1.82) is 0 Å². The van der Waals surface area contributed by atoms with Gasteiger partial charge in [0, 0.05) is 37.5 Å². The first-order valence-electron chi connectivity index (χ1n) is 8.01. The van der Waals surface area contributed by atoms with Gasteiger partial charge < -0.3 is 14.9 Å². The molecule has 0 radical (unpaired) electrons. The van der Waals surface area contributed by atoms with E-state index in [0.717, 1.165) is 12.8 Å². The fourth-order valence-electron chi connectivity index (χ4n) is 2.79. The van der Waals surface area contributed by atoms with Crippen LogP contribution in [0.1, 0.15) is 47.5 Å². The van der Waals surface area contributed by atoms with Gasteiger partial charge in [-0.2, -0.15) is 0 Å². The number of likely N-dealkylation sites (tertiary alicyclic amines) is 1. The third-order valence-electron chi connectivity index (χ3n) is 4.02. The summed E-state index contributed by atoms with van der Waals surface area (Å²) in [5.41, 5.74) is 0. The van der Waals surface area contributed by atoms with Crippen LogP contribution in [0.2, 0.25) is 0 Å². The van der Waals surface area contributed by atoms with E-state index in [-0.39, 0.29) is 29.7 Å². The van der Waals surface area contributed by atoms with Crippen LogP contribution in [0.3, 0.4) is 0 Å². The van der Waals surface area contributed by atoms with Crippen LogP contribution in [-0.4, -0.2) is 58.5 Å². The van der Waals surface area contributed by atoms with Gasteiger partial charge in [-0.05, 0) is 33.6 Å². The molecule has 0 saturated carbocycles. The number of aliphatic hydroxyl groups is 1. The maximum Gasteiger partial charge on any atom is 0.226 e. The molecule has 21 heavy (non-hydrogen) atoms. The highest BCUT2D eigenvalue weighted by Gasteiger charge is 2.31. The van der Waals surface area contributed by atoms with Gasteiger partial charge >= 0.3 is 0 Å². The number of amides is 2. The Hall–Kier alpha value is -1.10. The van der Waals surface area contributed by atoms with Crippen molar-refractivity contribution in [3.05, 3.63) is 0 Å². The van der Waals surface area contributed by atoms with Crippen LogP contribution in [0, 0.1) is 11.8 Å². The van der Waals surface area contributed by atoms with Crippen LogP contribution >= 0.6 is 0 Å². The normalized spacial score (nSPS) is 18.2. The Labute approximate surface area is 128 Å². The molecule has 1 unspecified atom stereocenters. The van der Waals surface area contributed by atoms with Gasteiger partial charge in [0.05, 0.1) is 6.10 Å². The Morgan fingerprint density at radius 2 is 1.67 bits per heavy atom. The Kier molecular flexibility index (Phi) is 6.65. The molecule has 1 aliphatic rings. The maximum atomic E-state index is 12.6. The van der Waals surface area contributed by atoms with E-state index in [1.54, 1.807) is 11.8 Å². The lowest BCUT2D eigenvalue weighted by molar-refractivity contribution is -0.144. The number of carbonyl (C=O) groups excluding carboxylic acids is 2. The average Bonchev–Trinajstić information content (AvgIpc) is 2.42. The van der Waals surface area contributed by atoms with Gasteiger partial charge in [0.2, 0.25) is 11.8 Å². The summed E-state index contributed by atoms with van der Waals surface area (Å²) in [5.74, 6) is 0.273. The zero-order chi connectivity index (χ0) is 16.2. The number of hydrogen-bond donors (Lipinski definition) is 1. The zero-order valence-corrected chi connectivity index (χ0v) is 14.0. The average molecular weight is 298 g/mol. The van der Waals surface area contributed by atoms with E-state index in [9.17, 15) is 14.7 Å². The minimum Gasteiger partial charge on any atom is -0.392 e. The molecule has 1 atom stereocenters. The van der Waals surface area contributed by atoms with Crippen molar-refractivity contribution in [1.82, 2.24) is 9.80 Å². The molecule has 2 amide bonds. The second-order valence-corrected chi connectivity index (χ2v) is 6.69. The fraction of sp³-hybridized carbons (Fsp3) is 0.875. The minimum atomic E-state index is -0.515. The molecule has 1 saturated heterocycles. The first-order chi connectivity index (χ1) is 9.73. The largest absolute Gasteiger partial charge is 0.392 e. The summed E-state index contributed by atoms with van der Waals surface area (Å²) in [6.07, 6.45) is 0.930. The molecule has 1 rings (SSSR count). The van der Waals surface area contributed by atoms with E-state index in [4.69, 9.17) is 0 Å². The van der Waals surface area contributed by atoms with Crippen molar-refractivity contribution in [2.45, 2.75) is 59.6 Å². The Bertz CT molecular complexity index is 359. The molecule has 0 bridgehead atoms. The topological polar surface area (TPSA) is 60.9 Å². The maximum absolute atomic E-state index is 12.6. The summed E-state index contributed by atoms with van der Waals surface area (Å²) in [4.78, 5) is 28.2. The molecule has 1 aliphatic heterocycles. The van der Waals surface area contributed by atoms with Crippen molar-refractivity contribution < 1.29 is 14.7 Å². The molecule has 1 fully saturated rings. The lowest BCUT2D eigenvalue weighted by atomic mass is 9.94. The standard InChI is InChI=1S/C16H30N2O3/c1-11(2)15(20)17-8-6-14(7-9-17)16(21)18(12(3)4)10-13(5)19/h11-14,19H,6-10H2,1-5H3. The molecule has 1 heterocycles. The summed E-state index contributed by atoms with van der Waals surface area (Å²) < 4.78 is 0. The third kappa shape index (κ3) is 4.99. The van der Waals surface area contributed by atoms with Gasteiger partial charge in [0.15, 0.2) is 0 Å². The molecule has 0 aromatic carbocycles. The summed E-state index contributed by atoms with van der Waals surface area (Å²) in [5, 5.41) is 9.55. The van der Waals surface area contributed by atoms with Gasteiger partial charge in [-0.1, -0.05) is 13.8 Å². The molecular weight excluding hydrogens is 268 g/mol. The highest BCUT2D eigenvalue weighted by molar-refractivity contribution is 5.81.